The van der Waals surface area contributed by atoms with Gasteiger partial charge < -0.3 is 15.9 Å². The number of carbonyl (C=O) groups is 1. The number of nitrogens with two attached hydrogens (primary N) is 2. The van der Waals surface area contributed by atoms with E-state index in [2.05, 4.69) is 4.99 Å². The number of hydrogen-bond donors (Lipinski definition) is 3. The first-order chi connectivity index (χ1) is 10.6. The van der Waals surface area contributed by atoms with Gasteiger partial charge in [0.05, 0.1) is 6.26 Å². The summed E-state index contributed by atoms with van der Waals surface area (Å²) in [5.74, 6) is -0.146. The van der Waals surface area contributed by atoms with E-state index in [1.807, 2.05) is 31.2 Å². The molecule has 1 aromatic heterocycles. The molecule has 0 fully saturated rings. The van der Waals surface area contributed by atoms with Gasteiger partial charge in [-0.1, -0.05) is 24.3 Å². The second-order valence-corrected chi connectivity index (χ2v) is 6.02. The highest BCUT2D eigenvalue weighted by Crippen LogP contribution is 2.25. The second kappa shape index (κ2) is 7.56. The fraction of sp³-hybridized carbons (Fsp3) is 0.143. The van der Waals surface area contributed by atoms with Crippen LogP contribution in [0.15, 0.2) is 45.8 Å². The zero-order valence-electron chi connectivity index (χ0n) is 12.6. The summed E-state index contributed by atoms with van der Waals surface area (Å²) in [6.45, 7) is 1.97. The zero-order valence-corrected chi connectivity index (χ0v) is 13.4. The molecule has 9 heteroatoms. The molecule has 5 N–H and O–H groups in total. The van der Waals surface area contributed by atoms with Crippen LogP contribution in [-0.4, -0.2) is 31.1 Å². The third-order valence-corrected chi connectivity index (χ3v) is 2.46. The summed E-state index contributed by atoms with van der Waals surface area (Å²) in [6.07, 6.45) is 0.715. The zero-order chi connectivity index (χ0) is 17.6. The molecule has 2 aromatic rings. The Morgan fingerprint density at radius 2 is 1.74 bits per heavy atom. The van der Waals surface area contributed by atoms with Gasteiger partial charge in [-0.05, 0) is 24.6 Å². The van der Waals surface area contributed by atoms with Crippen LogP contribution in [0.25, 0.3) is 11.3 Å². The van der Waals surface area contributed by atoms with E-state index in [1.165, 1.54) is 0 Å². The van der Waals surface area contributed by atoms with Crippen LogP contribution in [0.4, 0.5) is 0 Å². The summed E-state index contributed by atoms with van der Waals surface area (Å²) in [5, 5.41) is 0. The molecule has 0 spiro atoms. The van der Waals surface area contributed by atoms with Gasteiger partial charge in [0.1, 0.15) is 5.76 Å². The van der Waals surface area contributed by atoms with Gasteiger partial charge in [-0.25, -0.2) is 0 Å². The van der Waals surface area contributed by atoms with Crippen LogP contribution < -0.4 is 11.5 Å². The lowest BCUT2D eigenvalue weighted by atomic mass is 10.1. The van der Waals surface area contributed by atoms with Crippen molar-refractivity contribution in [3.05, 3.63) is 47.7 Å². The first-order valence-corrected chi connectivity index (χ1v) is 8.15. The second-order valence-electron chi connectivity index (χ2n) is 4.55. The van der Waals surface area contributed by atoms with E-state index in [-0.39, 0.29) is 11.7 Å². The number of nitrogens with zero attached hydrogens (tertiary/aromatic N) is 1. The van der Waals surface area contributed by atoms with Gasteiger partial charge in [-0.2, -0.15) is 13.4 Å². The number of hydrogen-bond acceptors (Lipinski definition) is 4. The Hall–Kier alpha value is -2.65. The van der Waals surface area contributed by atoms with E-state index in [0.29, 0.717) is 12.0 Å². The Labute approximate surface area is 133 Å². The minimum Gasteiger partial charge on any atom is -0.451 e. The number of rotatable bonds is 2. The van der Waals surface area contributed by atoms with Crippen molar-refractivity contribution in [3.8, 4) is 11.3 Å². The summed E-state index contributed by atoms with van der Waals surface area (Å²) in [6, 6.07) is 11.0. The van der Waals surface area contributed by atoms with Crippen molar-refractivity contribution in [2.24, 2.45) is 16.5 Å². The van der Waals surface area contributed by atoms with E-state index in [9.17, 15) is 13.2 Å². The van der Waals surface area contributed by atoms with Gasteiger partial charge in [0.25, 0.3) is 10.1 Å². The number of aryl methyl sites for hydroxylation is 1. The van der Waals surface area contributed by atoms with Crippen LogP contribution in [0.1, 0.15) is 16.1 Å². The van der Waals surface area contributed by atoms with Crippen LogP contribution in [0.5, 0.6) is 0 Å². The SMILES string of the molecule is CS(=O)(=O)O.Cc1ccccc1-c1ccc(C(=O)N=C(N)N)o1. The maximum Gasteiger partial charge on any atom is 0.315 e. The van der Waals surface area contributed by atoms with Crippen LogP contribution in [0.3, 0.4) is 0 Å². The highest BCUT2D eigenvalue weighted by atomic mass is 32.2. The first-order valence-electron chi connectivity index (χ1n) is 6.30. The summed E-state index contributed by atoms with van der Waals surface area (Å²) in [5.41, 5.74) is 12.3. The Morgan fingerprint density at radius 1 is 1.17 bits per heavy atom. The molecule has 1 aromatic carbocycles. The topological polar surface area (TPSA) is 149 Å². The van der Waals surface area contributed by atoms with Crippen molar-refractivity contribution in [3.63, 3.8) is 0 Å². The average molecular weight is 339 g/mol. The van der Waals surface area contributed by atoms with E-state index in [0.717, 1.165) is 11.1 Å². The van der Waals surface area contributed by atoms with Crippen LogP contribution in [-0.2, 0) is 10.1 Å². The Bertz CT molecular complexity index is 812. The van der Waals surface area contributed by atoms with Gasteiger partial charge >= 0.3 is 5.91 Å². The monoisotopic (exact) mass is 339 g/mol. The van der Waals surface area contributed by atoms with Crippen molar-refractivity contribution in [2.45, 2.75) is 6.92 Å². The molecule has 1 heterocycles. The van der Waals surface area contributed by atoms with Gasteiger partial charge in [-0.3, -0.25) is 9.35 Å². The molecule has 0 bridgehead atoms. The summed E-state index contributed by atoms with van der Waals surface area (Å²) < 4.78 is 31.3. The van der Waals surface area contributed by atoms with Crippen molar-refractivity contribution in [1.82, 2.24) is 0 Å². The van der Waals surface area contributed by atoms with E-state index < -0.39 is 16.0 Å². The standard InChI is InChI=1S/C13H13N3O2.CH4O3S/c1-8-4-2-3-5-9(8)10-6-7-11(18-10)12(17)16-13(14)15;1-5(2,3)4/h2-7H,1H3,(H4,14,15,16,17);1H3,(H,2,3,4). The fourth-order valence-electron chi connectivity index (χ4n) is 1.62. The Kier molecular flexibility index (Phi) is 6.05. The molecule has 23 heavy (non-hydrogen) atoms. The lowest BCUT2D eigenvalue weighted by Crippen LogP contribution is -2.24. The lowest BCUT2D eigenvalue weighted by Gasteiger charge is -2.00. The van der Waals surface area contributed by atoms with E-state index in [1.54, 1.807) is 12.1 Å². The van der Waals surface area contributed by atoms with Crippen molar-refractivity contribution < 1.29 is 22.2 Å². The van der Waals surface area contributed by atoms with Gasteiger partial charge in [0, 0.05) is 5.56 Å². The Balaban J connectivity index is 0.000000463. The fourth-order valence-corrected chi connectivity index (χ4v) is 1.62. The van der Waals surface area contributed by atoms with Gasteiger partial charge in [0.2, 0.25) is 0 Å². The molecule has 1 amide bonds. The van der Waals surface area contributed by atoms with Crippen molar-refractivity contribution >= 4 is 22.0 Å². The largest absolute Gasteiger partial charge is 0.451 e. The molecular formula is C14H17N3O5S. The van der Waals surface area contributed by atoms with Crippen LogP contribution in [0, 0.1) is 6.92 Å². The van der Waals surface area contributed by atoms with Gasteiger partial charge in [-0.15, -0.1) is 0 Å². The summed E-state index contributed by atoms with van der Waals surface area (Å²) in [4.78, 5) is 15.0. The Morgan fingerprint density at radius 3 is 2.26 bits per heavy atom. The summed E-state index contributed by atoms with van der Waals surface area (Å²) in [7, 11) is -3.67. The molecule has 0 aliphatic heterocycles. The molecule has 8 nitrogen and oxygen atoms in total. The maximum atomic E-state index is 11.5. The molecule has 0 unspecified atom stereocenters. The minimum absolute atomic E-state index is 0.113. The molecule has 0 atom stereocenters. The van der Waals surface area contributed by atoms with Crippen LogP contribution >= 0.6 is 0 Å². The number of benzene rings is 1. The van der Waals surface area contributed by atoms with Crippen molar-refractivity contribution in [1.29, 1.82) is 0 Å². The summed E-state index contributed by atoms with van der Waals surface area (Å²) >= 11 is 0. The first kappa shape index (κ1) is 18.4. The molecule has 124 valence electrons. The van der Waals surface area contributed by atoms with E-state index >= 15 is 0 Å². The molecule has 2 rings (SSSR count). The predicted molar refractivity (Wildman–Crippen MR) is 86.5 cm³/mol. The minimum atomic E-state index is -3.67. The molecular weight excluding hydrogens is 322 g/mol. The average Bonchev–Trinajstić information content (AvgIpc) is 2.86. The van der Waals surface area contributed by atoms with Gasteiger partial charge in [0.15, 0.2) is 11.7 Å². The molecule has 0 saturated heterocycles. The lowest BCUT2D eigenvalue weighted by molar-refractivity contribution is 0.0977. The smallest absolute Gasteiger partial charge is 0.315 e. The van der Waals surface area contributed by atoms with E-state index in [4.69, 9.17) is 20.4 Å². The van der Waals surface area contributed by atoms with Crippen LogP contribution in [0.2, 0.25) is 0 Å². The number of carbonyl (C=O) groups excluding carboxylic acids is 1. The molecule has 0 aliphatic carbocycles. The number of amides is 1. The predicted octanol–water partition coefficient (Wildman–Crippen LogP) is 1.17. The quantitative estimate of drug-likeness (QED) is 0.422. The molecule has 0 saturated carbocycles. The third kappa shape index (κ3) is 6.76. The number of aliphatic imine (C=N–C) groups is 1. The molecule has 0 aliphatic rings. The van der Waals surface area contributed by atoms with Crippen molar-refractivity contribution in [2.75, 3.05) is 6.26 Å². The number of furan rings is 1. The molecule has 0 radical (unpaired) electrons. The maximum absolute atomic E-state index is 11.5. The highest BCUT2D eigenvalue weighted by Gasteiger charge is 2.12. The third-order valence-electron chi connectivity index (χ3n) is 2.46. The normalized spacial score (nSPS) is 10.4. The highest BCUT2D eigenvalue weighted by molar-refractivity contribution is 7.85. The number of guanidine groups is 1.